The first-order valence-corrected chi connectivity index (χ1v) is 15.5. The highest BCUT2D eigenvalue weighted by molar-refractivity contribution is 5.79. The maximum absolute atomic E-state index is 14.1. The summed E-state index contributed by atoms with van der Waals surface area (Å²) >= 11 is 0. The summed E-state index contributed by atoms with van der Waals surface area (Å²) in [6.07, 6.45) is 6.05. The van der Waals surface area contributed by atoms with Crippen molar-refractivity contribution in [3.63, 3.8) is 0 Å². The molecule has 0 spiro atoms. The number of hydrogen-bond acceptors (Lipinski definition) is 7. The van der Waals surface area contributed by atoms with Crippen LogP contribution >= 0.6 is 0 Å². The minimum Gasteiger partial charge on any atom is -0.378 e. The maximum atomic E-state index is 14.1. The minimum atomic E-state index is -2.73. The summed E-state index contributed by atoms with van der Waals surface area (Å²) in [5.41, 5.74) is 1.12. The second-order valence-corrected chi connectivity index (χ2v) is 11.8. The third kappa shape index (κ3) is 6.72. The highest BCUT2D eigenvalue weighted by atomic mass is 19.3. The Morgan fingerprint density at radius 3 is 2.50 bits per heavy atom. The van der Waals surface area contributed by atoms with E-state index < -0.39 is 6.43 Å². The van der Waals surface area contributed by atoms with Crippen LogP contribution in [0.1, 0.15) is 69.4 Å². The Kier molecular flexibility index (Phi) is 9.24. The number of halogens is 2. The van der Waals surface area contributed by atoms with Crippen LogP contribution in [0, 0.1) is 11.8 Å². The van der Waals surface area contributed by atoms with Crippen molar-refractivity contribution in [1.82, 2.24) is 30.2 Å². The van der Waals surface area contributed by atoms with Gasteiger partial charge < -0.3 is 20.3 Å². The predicted molar refractivity (Wildman–Crippen MR) is 157 cm³/mol. The molecule has 42 heavy (non-hydrogen) atoms. The molecule has 0 radical (unpaired) electrons. The number of morpholine rings is 1. The van der Waals surface area contributed by atoms with E-state index in [1.54, 1.807) is 24.3 Å². The molecule has 0 unspecified atom stereocenters. The normalized spacial score (nSPS) is 22.1. The minimum absolute atomic E-state index is 0.152. The molecule has 1 aromatic carbocycles. The lowest BCUT2D eigenvalue weighted by Gasteiger charge is -2.31. The number of carbonyl (C=O) groups excluding carboxylic acids is 1. The molecule has 0 bridgehead atoms. The topological polar surface area (TPSA) is 97.2 Å². The molecule has 1 saturated carbocycles. The van der Waals surface area contributed by atoms with Crippen LogP contribution in [0.5, 0.6) is 0 Å². The van der Waals surface area contributed by atoms with E-state index in [2.05, 4.69) is 20.5 Å². The molecule has 3 aromatic rings. The average Bonchev–Trinajstić information content (AvgIpc) is 3.43. The van der Waals surface area contributed by atoms with Crippen molar-refractivity contribution in [2.24, 2.45) is 11.8 Å². The van der Waals surface area contributed by atoms with Gasteiger partial charge in [-0.05, 0) is 76.1 Å². The van der Waals surface area contributed by atoms with Crippen molar-refractivity contribution in [2.45, 2.75) is 70.3 Å². The zero-order valence-electron chi connectivity index (χ0n) is 24.1. The number of para-hydroxylation sites is 2. The Morgan fingerprint density at radius 2 is 1.74 bits per heavy atom. The smallest absolute Gasteiger partial charge is 0.296 e. The van der Waals surface area contributed by atoms with Gasteiger partial charge in [0.2, 0.25) is 5.91 Å². The monoisotopic (exact) mass is 581 g/mol. The quantitative estimate of drug-likeness (QED) is 0.382. The van der Waals surface area contributed by atoms with Crippen molar-refractivity contribution in [3.05, 3.63) is 42.0 Å². The molecule has 2 aromatic heterocycles. The molecule has 2 aliphatic heterocycles. The molecule has 6 rings (SSSR count). The molecular weight excluding hydrogens is 540 g/mol. The van der Waals surface area contributed by atoms with Crippen LogP contribution < -0.4 is 15.5 Å². The van der Waals surface area contributed by atoms with Gasteiger partial charge in [0.15, 0.2) is 5.82 Å². The Bertz CT molecular complexity index is 1350. The summed E-state index contributed by atoms with van der Waals surface area (Å²) in [7, 11) is 0. The van der Waals surface area contributed by atoms with Gasteiger partial charge in [-0.15, -0.1) is 0 Å². The lowest BCUT2D eigenvalue weighted by atomic mass is 9.82. The zero-order valence-corrected chi connectivity index (χ0v) is 24.1. The van der Waals surface area contributed by atoms with E-state index in [9.17, 15) is 13.6 Å². The largest absolute Gasteiger partial charge is 0.378 e. The number of aromatic nitrogens is 4. The van der Waals surface area contributed by atoms with E-state index in [1.807, 2.05) is 6.07 Å². The van der Waals surface area contributed by atoms with Gasteiger partial charge in [0.05, 0.1) is 24.2 Å². The van der Waals surface area contributed by atoms with Gasteiger partial charge in [0, 0.05) is 37.5 Å². The van der Waals surface area contributed by atoms with Crippen molar-refractivity contribution < 1.29 is 18.3 Å². The highest BCUT2D eigenvalue weighted by Gasteiger charge is 2.27. The second kappa shape index (κ2) is 13.4. The van der Waals surface area contributed by atoms with Crippen LogP contribution in [0.2, 0.25) is 0 Å². The van der Waals surface area contributed by atoms with Crippen LogP contribution in [0.15, 0.2) is 30.3 Å². The van der Waals surface area contributed by atoms with Crippen molar-refractivity contribution in [3.8, 4) is 5.82 Å². The number of imidazole rings is 1. The maximum Gasteiger partial charge on any atom is 0.296 e. The van der Waals surface area contributed by atoms with Gasteiger partial charge in [-0.3, -0.25) is 9.36 Å². The molecule has 9 nitrogen and oxygen atoms in total. The summed E-state index contributed by atoms with van der Waals surface area (Å²) < 4.78 is 35.3. The number of anilines is 1. The molecule has 1 amide bonds. The second-order valence-electron chi connectivity index (χ2n) is 11.8. The lowest BCUT2D eigenvalue weighted by Crippen LogP contribution is -2.43. The summed E-state index contributed by atoms with van der Waals surface area (Å²) in [5.74, 6) is 2.51. The van der Waals surface area contributed by atoms with Gasteiger partial charge in [0.1, 0.15) is 17.5 Å². The van der Waals surface area contributed by atoms with E-state index in [4.69, 9.17) is 14.7 Å². The number of ether oxygens (including phenoxy) is 1. The highest BCUT2D eigenvalue weighted by Crippen LogP contribution is 2.31. The Balaban J connectivity index is 1.12. The summed E-state index contributed by atoms with van der Waals surface area (Å²) in [6, 6.07) is 9.26. The number of piperidine rings is 1. The van der Waals surface area contributed by atoms with Crippen LogP contribution in [0.4, 0.5) is 14.6 Å². The SMILES string of the molecule is O=C(NC1CCC(CCCc2nc(N3CCOCC3)cc(-n3c(C(F)F)nc4ccccc43)n2)CC1)C1CCNCC1. The summed E-state index contributed by atoms with van der Waals surface area (Å²) in [6.45, 7) is 4.45. The summed E-state index contributed by atoms with van der Waals surface area (Å²) in [5, 5.41) is 6.64. The fourth-order valence-electron chi connectivity index (χ4n) is 6.63. The van der Waals surface area contributed by atoms with Crippen molar-refractivity contribution in [1.29, 1.82) is 0 Å². The molecular formula is C31H41F2N7O2. The summed E-state index contributed by atoms with van der Waals surface area (Å²) in [4.78, 5) is 28.7. The molecule has 4 heterocycles. The van der Waals surface area contributed by atoms with Gasteiger partial charge in [-0.25, -0.2) is 23.7 Å². The number of nitrogens with zero attached hydrogens (tertiary/aromatic N) is 5. The number of amides is 1. The number of benzene rings is 1. The fourth-order valence-corrected chi connectivity index (χ4v) is 6.63. The van der Waals surface area contributed by atoms with E-state index >= 15 is 0 Å². The van der Waals surface area contributed by atoms with Crippen LogP contribution in [-0.4, -0.2) is 70.9 Å². The first kappa shape index (κ1) is 28.9. The number of aryl methyl sites for hydroxylation is 1. The van der Waals surface area contributed by atoms with E-state index in [1.165, 1.54) is 4.57 Å². The molecule has 3 fully saturated rings. The predicted octanol–water partition coefficient (Wildman–Crippen LogP) is 4.59. The molecule has 1 aliphatic carbocycles. The molecule has 11 heteroatoms. The zero-order chi connectivity index (χ0) is 28.9. The van der Waals surface area contributed by atoms with Crippen LogP contribution in [-0.2, 0) is 16.0 Å². The average molecular weight is 582 g/mol. The van der Waals surface area contributed by atoms with E-state index in [0.717, 1.165) is 70.3 Å². The molecule has 2 N–H and O–H groups in total. The van der Waals surface area contributed by atoms with Gasteiger partial charge in [-0.2, -0.15) is 0 Å². The first-order valence-electron chi connectivity index (χ1n) is 15.5. The van der Waals surface area contributed by atoms with E-state index in [-0.39, 0.29) is 23.7 Å². The fraction of sp³-hybridized carbons (Fsp3) is 0.613. The lowest BCUT2D eigenvalue weighted by molar-refractivity contribution is -0.126. The third-order valence-corrected chi connectivity index (χ3v) is 9.01. The van der Waals surface area contributed by atoms with Gasteiger partial charge in [0.25, 0.3) is 6.43 Å². The first-order chi connectivity index (χ1) is 20.5. The third-order valence-electron chi connectivity index (χ3n) is 9.01. The molecule has 2 saturated heterocycles. The number of nitrogens with one attached hydrogen (secondary N) is 2. The number of fused-ring (bicyclic) bond motifs is 1. The molecule has 3 aliphatic rings. The number of hydrogen-bond donors (Lipinski definition) is 2. The van der Waals surface area contributed by atoms with E-state index in [0.29, 0.717) is 61.3 Å². The molecule has 0 atom stereocenters. The van der Waals surface area contributed by atoms with Gasteiger partial charge in [-0.1, -0.05) is 18.6 Å². The van der Waals surface area contributed by atoms with Crippen LogP contribution in [0.3, 0.4) is 0 Å². The Hall–Kier alpha value is -3.18. The molecule has 226 valence electrons. The van der Waals surface area contributed by atoms with Crippen molar-refractivity contribution >= 4 is 22.8 Å². The number of carbonyl (C=O) groups is 1. The Labute approximate surface area is 245 Å². The van der Waals surface area contributed by atoms with Gasteiger partial charge >= 0.3 is 0 Å². The number of rotatable bonds is 9. The van der Waals surface area contributed by atoms with Crippen LogP contribution in [0.25, 0.3) is 16.9 Å². The number of alkyl halides is 2. The van der Waals surface area contributed by atoms with Crippen molar-refractivity contribution in [2.75, 3.05) is 44.3 Å². The Morgan fingerprint density at radius 1 is 1.00 bits per heavy atom. The standard InChI is InChI=1S/C31H41F2N7O2/c32-29(33)30-36-24-5-1-2-6-25(24)40(30)28-20-27(39-16-18-42-19-17-39)37-26(38-28)7-3-4-21-8-10-23(11-9-21)35-31(41)22-12-14-34-15-13-22/h1-2,5-6,20-23,29,34H,3-4,7-19H2,(H,35,41).